The number of hydrogen-bond acceptors (Lipinski definition) is 5. The number of aliphatic hydroxyl groups excluding tert-OH is 1. The van der Waals surface area contributed by atoms with Gasteiger partial charge in [0.1, 0.15) is 11.5 Å². The zero-order valence-corrected chi connectivity index (χ0v) is 20.4. The lowest BCUT2D eigenvalue weighted by molar-refractivity contribution is -0.135. The van der Waals surface area contributed by atoms with E-state index in [0.717, 1.165) is 10.5 Å². The molecule has 7 heteroatoms. The van der Waals surface area contributed by atoms with Crippen molar-refractivity contribution < 1.29 is 19.5 Å². The van der Waals surface area contributed by atoms with Crippen molar-refractivity contribution in [2.75, 3.05) is 12.4 Å². The second-order valence-electron chi connectivity index (χ2n) is 9.73. The molecule has 2 aliphatic rings. The monoisotopic (exact) mass is 478 g/mol. The van der Waals surface area contributed by atoms with Gasteiger partial charge in [-0.1, -0.05) is 55.3 Å². The Bertz CT molecular complexity index is 1240. The molecule has 6 nitrogen and oxygen atoms in total. The average Bonchev–Trinajstić information content (AvgIpc) is 2.96. The van der Waals surface area contributed by atoms with Crippen molar-refractivity contribution in [1.82, 2.24) is 4.90 Å². The van der Waals surface area contributed by atoms with E-state index in [-0.39, 0.29) is 34.8 Å². The van der Waals surface area contributed by atoms with Gasteiger partial charge < -0.3 is 10.4 Å². The Morgan fingerprint density at radius 3 is 2.15 bits per heavy atom. The molecular weight excluding hydrogens is 452 g/mol. The molecule has 1 atom stereocenters. The molecule has 2 N–H and O–H groups in total. The number of ketones is 1. The van der Waals surface area contributed by atoms with Crippen LogP contribution in [-0.4, -0.2) is 34.7 Å². The Labute approximate surface area is 203 Å². The Hall–Kier alpha value is -3.38. The number of anilines is 1. The maximum atomic E-state index is 13.4. The van der Waals surface area contributed by atoms with Gasteiger partial charge in [0.2, 0.25) is 0 Å². The molecule has 4 rings (SSSR count). The number of allylic oxidation sites excluding steroid dienone is 2. The van der Waals surface area contributed by atoms with Crippen molar-refractivity contribution in [3.05, 3.63) is 87.3 Å². The molecule has 0 bridgehead atoms. The molecule has 0 unspecified atom stereocenters. The van der Waals surface area contributed by atoms with Crippen LogP contribution in [0, 0.1) is 12.3 Å². The first kappa shape index (κ1) is 23.8. The third kappa shape index (κ3) is 4.38. The quantitative estimate of drug-likeness (QED) is 0.569. The number of carbonyl (C=O) groups is 3. The van der Waals surface area contributed by atoms with Crippen molar-refractivity contribution in [2.24, 2.45) is 5.41 Å². The van der Waals surface area contributed by atoms with Gasteiger partial charge in [-0.15, -0.1) is 0 Å². The maximum absolute atomic E-state index is 13.4. The van der Waals surface area contributed by atoms with Gasteiger partial charge in [0.25, 0.3) is 11.8 Å². The first-order chi connectivity index (χ1) is 16.0. The number of halogens is 1. The zero-order valence-electron chi connectivity index (χ0n) is 19.6. The molecule has 176 valence electrons. The highest BCUT2D eigenvalue weighted by atomic mass is 35.5. The van der Waals surface area contributed by atoms with Gasteiger partial charge >= 0.3 is 0 Å². The number of likely N-dealkylation sites (N-methyl/N-ethyl adjacent to an activating group) is 1. The summed E-state index contributed by atoms with van der Waals surface area (Å²) in [5, 5.41) is 14.6. The molecule has 0 aromatic heterocycles. The third-order valence-electron chi connectivity index (χ3n) is 6.32. The van der Waals surface area contributed by atoms with Crippen molar-refractivity contribution >= 4 is 34.9 Å². The zero-order chi connectivity index (χ0) is 24.8. The van der Waals surface area contributed by atoms with Gasteiger partial charge in [0.15, 0.2) is 5.78 Å². The molecule has 1 aliphatic heterocycles. The first-order valence-electron chi connectivity index (χ1n) is 11.1. The topological polar surface area (TPSA) is 86.7 Å². The van der Waals surface area contributed by atoms with Crippen molar-refractivity contribution in [1.29, 1.82) is 0 Å². The molecule has 2 aromatic carbocycles. The van der Waals surface area contributed by atoms with Crippen LogP contribution in [0.25, 0.3) is 0 Å². The number of benzene rings is 2. The lowest BCUT2D eigenvalue weighted by Crippen LogP contribution is -2.31. The molecule has 2 amide bonds. The number of Topliss-reactive ketones (excluding diaryl/α,β-unsaturated/α-hetero) is 1. The average molecular weight is 479 g/mol. The summed E-state index contributed by atoms with van der Waals surface area (Å²) in [5.74, 6) is -2.24. The van der Waals surface area contributed by atoms with E-state index in [4.69, 9.17) is 11.6 Å². The normalized spacial score (nSPS) is 19.2. The number of aryl methyl sites for hydroxylation is 1. The highest BCUT2D eigenvalue weighted by Crippen LogP contribution is 2.46. The second-order valence-corrected chi connectivity index (χ2v) is 10.2. The summed E-state index contributed by atoms with van der Waals surface area (Å²) >= 11 is 6.10. The highest BCUT2D eigenvalue weighted by molar-refractivity contribution is 6.30. The first-order valence-corrected chi connectivity index (χ1v) is 11.5. The van der Waals surface area contributed by atoms with Gasteiger partial charge in [0, 0.05) is 42.1 Å². The van der Waals surface area contributed by atoms with E-state index in [9.17, 15) is 19.5 Å². The largest absolute Gasteiger partial charge is 0.512 e. The van der Waals surface area contributed by atoms with E-state index in [2.05, 4.69) is 5.32 Å². The number of nitrogens with one attached hydrogen (secondary N) is 1. The van der Waals surface area contributed by atoms with E-state index >= 15 is 0 Å². The highest BCUT2D eigenvalue weighted by Gasteiger charge is 2.46. The van der Waals surface area contributed by atoms with Crippen LogP contribution in [0.4, 0.5) is 5.69 Å². The summed E-state index contributed by atoms with van der Waals surface area (Å²) in [6, 6.07) is 14.2. The maximum Gasteiger partial charge on any atom is 0.277 e. The number of nitrogens with zero attached hydrogens (tertiary/aromatic N) is 1. The molecule has 2 aromatic rings. The van der Waals surface area contributed by atoms with Gasteiger partial charge in [-0.2, -0.15) is 0 Å². The molecule has 0 saturated carbocycles. The predicted octanol–water partition coefficient (Wildman–Crippen LogP) is 5.30. The van der Waals surface area contributed by atoms with Crippen LogP contribution in [0.1, 0.15) is 43.7 Å². The van der Waals surface area contributed by atoms with Crippen LogP contribution >= 0.6 is 11.6 Å². The fraction of sp³-hybridized carbons (Fsp3) is 0.296. The number of hydrogen-bond donors (Lipinski definition) is 2. The Balaban J connectivity index is 1.94. The van der Waals surface area contributed by atoms with Gasteiger partial charge in [0.05, 0.1) is 5.57 Å². The van der Waals surface area contributed by atoms with E-state index in [1.807, 2.05) is 45.0 Å². The summed E-state index contributed by atoms with van der Waals surface area (Å²) in [5.41, 5.74) is 2.25. The van der Waals surface area contributed by atoms with Crippen LogP contribution in [0.2, 0.25) is 5.02 Å². The van der Waals surface area contributed by atoms with Gasteiger partial charge in [-0.05, 0) is 42.2 Å². The molecule has 34 heavy (non-hydrogen) atoms. The number of imide groups is 1. The molecule has 0 saturated heterocycles. The van der Waals surface area contributed by atoms with Crippen molar-refractivity contribution in [3.8, 4) is 0 Å². The Kier molecular flexibility index (Phi) is 6.13. The van der Waals surface area contributed by atoms with Crippen LogP contribution in [-0.2, 0) is 14.4 Å². The minimum atomic E-state index is -0.921. The summed E-state index contributed by atoms with van der Waals surface area (Å²) in [6.07, 6.45) is 0.520. The van der Waals surface area contributed by atoms with Crippen LogP contribution in [0.5, 0.6) is 0 Å². The molecule has 1 aliphatic carbocycles. The number of aliphatic hydroxyl groups is 1. The van der Waals surface area contributed by atoms with Crippen molar-refractivity contribution in [2.45, 2.75) is 39.5 Å². The van der Waals surface area contributed by atoms with Crippen LogP contribution in [0.15, 0.2) is 71.1 Å². The van der Waals surface area contributed by atoms with Crippen LogP contribution in [0.3, 0.4) is 0 Å². The van der Waals surface area contributed by atoms with Gasteiger partial charge in [-0.25, -0.2) is 0 Å². The van der Waals surface area contributed by atoms with Gasteiger partial charge in [-0.3, -0.25) is 19.3 Å². The molecule has 0 radical (unpaired) electrons. The second kappa shape index (κ2) is 8.76. The molecule has 0 fully saturated rings. The third-order valence-corrected chi connectivity index (χ3v) is 6.57. The summed E-state index contributed by atoms with van der Waals surface area (Å²) in [7, 11) is 1.41. The minimum Gasteiger partial charge on any atom is -0.512 e. The summed E-state index contributed by atoms with van der Waals surface area (Å²) in [4.78, 5) is 40.9. The summed E-state index contributed by atoms with van der Waals surface area (Å²) in [6.45, 7) is 5.78. The minimum absolute atomic E-state index is 0.0572. The molecule has 1 heterocycles. The fourth-order valence-electron chi connectivity index (χ4n) is 4.59. The van der Waals surface area contributed by atoms with Crippen LogP contribution < -0.4 is 5.32 Å². The van der Waals surface area contributed by atoms with E-state index in [0.29, 0.717) is 22.7 Å². The molecule has 0 spiro atoms. The van der Waals surface area contributed by atoms with E-state index < -0.39 is 23.1 Å². The number of amides is 2. The lowest BCUT2D eigenvalue weighted by atomic mass is 9.70. The SMILES string of the molecule is Cc1ccc(NC2=C([C@@H](C3=C(O)CC(C)(C)CC3=O)c3ccc(Cl)cc3)C(=O)N(C)C2=O)cc1. The van der Waals surface area contributed by atoms with E-state index in [1.54, 1.807) is 24.3 Å². The fourth-order valence-corrected chi connectivity index (χ4v) is 4.72. The lowest BCUT2D eigenvalue weighted by Gasteiger charge is -2.33. The number of rotatable bonds is 5. The molecular formula is C27H27ClN2O4. The van der Waals surface area contributed by atoms with E-state index in [1.165, 1.54) is 7.05 Å². The predicted molar refractivity (Wildman–Crippen MR) is 131 cm³/mol. The van der Waals surface area contributed by atoms with Crippen molar-refractivity contribution in [3.63, 3.8) is 0 Å². The number of carbonyl (C=O) groups excluding carboxylic acids is 3. The smallest absolute Gasteiger partial charge is 0.277 e. The standard InChI is InChI=1S/C27H27ClN2O4/c1-15-5-11-18(12-6-15)29-24-23(25(33)30(4)26(24)34)21(16-7-9-17(28)10-8-16)22-19(31)13-27(2,3)14-20(22)32/h5-12,21,29,31H,13-14H2,1-4H3/t21-/m1/s1. The Morgan fingerprint density at radius 1 is 0.941 bits per heavy atom. The summed E-state index contributed by atoms with van der Waals surface area (Å²) < 4.78 is 0. The Morgan fingerprint density at radius 2 is 1.56 bits per heavy atom.